The second kappa shape index (κ2) is 8.77. The molecule has 0 bridgehead atoms. The van der Waals surface area contributed by atoms with Gasteiger partial charge in [0.1, 0.15) is 11.4 Å². The summed E-state index contributed by atoms with van der Waals surface area (Å²) in [6.45, 7) is 0.0905. The van der Waals surface area contributed by atoms with Gasteiger partial charge >= 0.3 is 6.18 Å². The van der Waals surface area contributed by atoms with E-state index in [1.807, 2.05) is 0 Å². The van der Waals surface area contributed by atoms with Crippen molar-refractivity contribution in [2.24, 2.45) is 5.92 Å². The van der Waals surface area contributed by atoms with Gasteiger partial charge in [-0.1, -0.05) is 11.6 Å². The number of hydrogen-bond acceptors (Lipinski definition) is 5. The van der Waals surface area contributed by atoms with Crippen molar-refractivity contribution in [1.82, 2.24) is 9.97 Å². The van der Waals surface area contributed by atoms with E-state index in [2.05, 4.69) is 15.3 Å². The van der Waals surface area contributed by atoms with E-state index in [1.54, 1.807) is 0 Å². The molecule has 1 aliphatic rings. The zero-order valence-corrected chi connectivity index (χ0v) is 15.9. The number of carbonyl (C=O) groups excluding carboxylic acids is 2. The molecule has 0 atom stereocenters. The van der Waals surface area contributed by atoms with Crippen LogP contribution in [-0.2, 0) is 11.0 Å². The smallest absolute Gasteiger partial charge is 0.416 e. The van der Waals surface area contributed by atoms with Crippen molar-refractivity contribution in [2.45, 2.75) is 31.9 Å². The minimum atomic E-state index is -4.48. The van der Waals surface area contributed by atoms with Crippen LogP contribution < -0.4 is 10.1 Å². The van der Waals surface area contributed by atoms with E-state index in [0.717, 1.165) is 31.0 Å². The predicted molar refractivity (Wildman–Crippen MR) is 98.9 cm³/mol. The molecule has 1 aromatic carbocycles. The van der Waals surface area contributed by atoms with Crippen LogP contribution in [-0.4, -0.2) is 28.3 Å². The summed E-state index contributed by atoms with van der Waals surface area (Å²) < 4.78 is 43.2. The fourth-order valence-corrected chi connectivity index (χ4v) is 2.70. The SMILES string of the molecule is O=C(CCCOc1ccc(C(F)(F)F)cc1Cl)c1ccnc(NC(=O)C2CC2)n1. The third-order valence-corrected chi connectivity index (χ3v) is 4.48. The van der Waals surface area contributed by atoms with Gasteiger partial charge < -0.3 is 4.74 Å². The number of halogens is 4. The summed E-state index contributed by atoms with van der Waals surface area (Å²) in [4.78, 5) is 32.0. The molecule has 1 amide bonds. The van der Waals surface area contributed by atoms with Crippen LogP contribution in [0.3, 0.4) is 0 Å². The van der Waals surface area contributed by atoms with Crippen LogP contribution in [0.4, 0.5) is 19.1 Å². The number of anilines is 1. The third kappa shape index (κ3) is 5.90. The summed E-state index contributed by atoms with van der Waals surface area (Å²) in [5, 5.41) is 2.42. The lowest BCUT2D eigenvalue weighted by Gasteiger charge is -2.11. The molecule has 3 rings (SSSR count). The molecule has 10 heteroatoms. The topological polar surface area (TPSA) is 81.2 Å². The highest BCUT2D eigenvalue weighted by atomic mass is 35.5. The summed E-state index contributed by atoms with van der Waals surface area (Å²) in [6, 6.07) is 4.26. The number of nitrogens with zero attached hydrogens (tertiary/aromatic N) is 2. The molecule has 0 spiro atoms. The van der Waals surface area contributed by atoms with Gasteiger partial charge in [0.25, 0.3) is 0 Å². The lowest BCUT2D eigenvalue weighted by molar-refractivity contribution is -0.137. The minimum absolute atomic E-state index is 0.00729. The van der Waals surface area contributed by atoms with Gasteiger partial charge in [0.05, 0.1) is 17.2 Å². The molecule has 29 heavy (non-hydrogen) atoms. The Labute approximate surface area is 169 Å². The van der Waals surface area contributed by atoms with Gasteiger partial charge in [-0.15, -0.1) is 0 Å². The van der Waals surface area contributed by atoms with Crippen LogP contribution in [0, 0.1) is 5.92 Å². The Kier molecular flexibility index (Phi) is 6.36. The molecule has 0 saturated heterocycles. The Morgan fingerprint density at radius 3 is 2.66 bits per heavy atom. The number of carbonyl (C=O) groups is 2. The summed E-state index contributed by atoms with van der Waals surface area (Å²) >= 11 is 5.81. The number of ether oxygens (including phenoxy) is 1. The van der Waals surface area contributed by atoms with Crippen LogP contribution in [0.25, 0.3) is 0 Å². The quantitative estimate of drug-likeness (QED) is 0.494. The highest BCUT2D eigenvalue weighted by Crippen LogP contribution is 2.34. The fourth-order valence-electron chi connectivity index (χ4n) is 2.47. The minimum Gasteiger partial charge on any atom is -0.492 e. The lowest BCUT2D eigenvalue weighted by atomic mass is 10.1. The third-order valence-electron chi connectivity index (χ3n) is 4.19. The number of nitrogens with one attached hydrogen (secondary N) is 1. The normalized spacial score (nSPS) is 13.8. The molecule has 1 heterocycles. The molecule has 1 saturated carbocycles. The maximum atomic E-state index is 12.6. The molecule has 1 N–H and O–H groups in total. The van der Waals surface area contributed by atoms with E-state index in [4.69, 9.17) is 16.3 Å². The Morgan fingerprint density at radius 2 is 2.00 bits per heavy atom. The molecule has 2 aromatic rings. The fraction of sp³-hybridized carbons (Fsp3) is 0.368. The van der Waals surface area contributed by atoms with Gasteiger partial charge in [-0.05, 0) is 43.5 Å². The highest BCUT2D eigenvalue weighted by Gasteiger charge is 2.31. The number of Topliss-reactive ketones (excluding diaryl/α,β-unsaturated/α-hetero) is 1. The average Bonchev–Trinajstić information content (AvgIpc) is 3.51. The first-order chi connectivity index (χ1) is 13.7. The summed E-state index contributed by atoms with van der Waals surface area (Å²) in [6.07, 6.45) is -1.000. The van der Waals surface area contributed by atoms with Crippen LogP contribution in [0.1, 0.15) is 41.7 Å². The second-order valence-electron chi connectivity index (χ2n) is 6.55. The first-order valence-electron chi connectivity index (χ1n) is 8.90. The molecular formula is C19H17ClF3N3O3. The van der Waals surface area contributed by atoms with E-state index in [1.165, 1.54) is 12.3 Å². The van der Waals surface area contributed by atoms with Gasteiger partial charge in [-0.25, -0.2) is 9.97 Å². The molecule has 1 fully saturated rings. The molecule has 0 aliphatic heterocycles. The van der Waals surface area contributed by atoms with E-state index in [-0.39, 0.29) is 53.1 Å². The number of amides is 1. The maximum Gasteiger partial charge on any atom is 0.416 e. The van der Waals surface area contributed by atoms with E-state index in [0.29, 0.717) is 6.42 Å². The number of aromatic nitrogens is 2. The van der Waals surface area contributed by atoms with E-state index in [9.17, 15) is 22.8 Å². The Hall–Kier alpha value is -2.68. The zero-order valence-electron chi connectivity index (χ0n) is 15.1. The number of ketones is 1. The van der Waals surface area contributed by atoms with Gasteiger partial charge in [0, 0.05) is 18.5 Å². The molecule has 154 valence electrons. The van der Waals surface area contributed by atoms with Crippen molar-refractivity contribution >= 4 is 29.2 Å². The predicted octanol–water partition coefficient (Wildman–Crippen LogP) is 4.54. The number of hydrogen-bond donors (Lipinski definition) is 1. The summed E-state index contributed by atoms with van der Waals surface area (Å²) in [5.41, 5.74) is -0.697. The van der Waals surface area contributed by atoms with Crippen LogP contribution >= 0.6 is 11.6 Å². The van der Waals surface area contributed by atoms with Crippen molar-refractivity contribution in [3.63, 3.8) is 0 Å². The second-order valence-corrected chi connectivity index (χ2v) is 6.95. The monoisotopic (exact) mass is 427 g/mol. The Morgan fingerprint density at radius 1 is 1.24 bits per heavy atom. The van der Waals surface area contributed by atoms with Crippen LogP contribution in [0.15, 0.2) is 30.5 Å². The summed E-state index contributed by atoms with van der Waals surface area (Å²) in [7, 11) is 0. The van der Waals surface area contributed by atoms with Gasteiger partial charge in [0.2, 0.25) is 11.9 Å². The van der Waals surface area contributed by atoms with Gasteiger partial charge in [-0.3, -0.25) is 14.9 Å². The van der Waals surface area contributed by atoms with Crippen LogP contribution in [0.5, 0.6) is 5.75 Å². The zero-order chi connectivity index (χ0) is 21.0. The van der Waals surface area contributed by atoms with Crippen molar-refractivity contribution < 1.29 is 27.5 Å². The Balaban J connectivity index is 1.48. The van der Waals surface area contributed by atoms with Crippen molar-refractivity contribution in [1.29, 1.82) is 0 Å². The first-order valence-corrected chi connectivity index (χ1v) is 9.28. The summed E-state index contributed by atoms with van der Waals surface area (Å²) in [5.74, 6) is -0.236. The lowest BCUT2D eigenvalue weighted by Crippen LogP contribution is -2.16. The molecule has 6 nitrogen and oxygen atoms in total. The Bertz CT molecular complexity index is 917. The first kappa shape index (κ1) is 21.0. The van der Waals surface area contributed by atoms with E-state index >= 15 is 0 Å². The largest absolute Gasteiger partial charge is 0.492 e. The maximum absolute atomic E-state index is 12.6. The van der Waals surface area contributed by atoms with Crippen molar-refractivity contribution in [2.75, 3.05) is 11.9 Å². The number of rotatable bonds is 8. The van der Waals surface area contributed by atoms with Gasteiger partial charge in [-0.2, -0.15) is 13.2 Å². The molecule has 0 radical (unpaired) electrons. The standard InChI is InChI=1S/C19H17ClF3N3O3/c20-13-10-12(19(21,22)23)5-6-16(13)29-9-1-2-15(27)14-7-8-24-18(25-14)26-17(28)11-3-4-11/h5-8,10-11H,1-4,9H2,(H,24,25,26,28). The number of alkyl halides is 3. The van der Waals surface area contributed by atoms with Gasteiger partial charge in [0.15, 0.2) is 5.78 Å². The van der Waals surface area contributed by atoms with E-state index < -0.39 is 11.7 Å². The van der Waals surface area contributed by atoms with Crippen molar-refractivity contribution in [3.05, 3.63) is 46.7 Å². The number of benzene rings is 1. The van der Waals surface area contributed by atoms with Crippen LogP contribution in [0.2, 0.25) is 5.02 Å². The highest BCUT2D eigenvalue weighted by molar-refractivity contribution is 6.32. The average molecular weight is 428 g/mol. The molecular weight excluding hydrogens is 411 g/mol. The molecule has 1 aromatic heterocycles. The molecule has 1 aliphatic carbocycles. The molecule has 0 unspecified atom stereocenters. The van der Waals surface area contributed by atoms with Crippen molar-refractivity contribution in [3.8, 4) is 5.75 Å².